The first-order valence-corrected chi connectivity index (χ1v) is 5.28. The van der Waals surface area contributed by atoms with E-state index in [0.717, 1.165) is 17.8 Å². The molecule has 0 aromatic heterocycles. The van der Waals surface area contributed by atoms with Crippen LogP contribution in [0.4, 0.5) is 0 Å². The SMILES string of the molecule is CC1CC(C)(C)C2CCC=CC12. The van der Waals surface area contributed by atoms with Crippen LogP contribution < -0.4 is 0 Å². The fraction of sp³-hybridized carbons (Fsp3) is 0.833. The predicted octanol–water partition coefficient (Wildman–Crippen LogP) is 3.63. The Kier molecular flexibility index (Phi) is 1.82. The van der Waals surface area contributed by atoms with Crippen LogP contribution in [0.5, 0.6) is 0 Å². The molecule has 0 aliphatic heterocycles. The Bertz CT molecular complexity index is 200. The van der Waals surface area contributed by atoms with Crippen LogP contribution in [0.3, 0.4) is 0 Å². The molecule has 0 amide bonds. The lowest BCUT2D eigenvalue weighted by molar-refractivity contribution is 0.217. The van der Waals surface area contributed by atoms with Crippen LogP contribution in [0.1, 0.15) is 40.0 Å². The summed E-state index contributed by atoms with van der Waals surface area (Å²) in [5.74, 6) is 2.78. The fourth-order valence-corrected chi connectivity index (χ4v) is 3.47. The van der Waals surface area contributed by atoms with E-state index in [9.17, 15) is 0 Å². The second kappa shape index (κ2) is 2.61. The lowest BCUT2D eigenvalue weighted by Gasteiger charge is -2.31. The lowest BCUT2D eigenvalue weighted by atomic mass is 9.74. The molecule has 2 aliphatic carbocycles. The summed E-state index contributed by atoms with van der Waals surface area (Å²) >= 11 is 0. The van der Waals surface area contributed by atoms with Crippen molar-refractivity contribution in [1.29, 1.82) is 0 Å². The molecule has 0 aromatic carbocycles. The van der Waals surface area contributed by atoms with Crippen LogP contribution in [0.2, 0.25) is 0 Å². The summed E-state index contributed by atoms with van der Waals surface area (Å²) in [6.07, 6.45) is 9.04. The van der Waals surface area contributed by atoms with Crippen LogP contribution >= 0.6 is 0 Å². The van der Waals surface area contributed by atoms with Crippen LogP contribution in [0, 0.1) is 23.2 Å². The van der Waals surface area contributed by atoms with Gasteiger partial charge in [-0.1, -0.05) is 32.9 Å². The van der Waals surface area contributed by atoms with Gasteiger partial charge in [0.2, 0.25) is 0 Å². The summed E-state index contributed by atoms with van der Waals surface area (Å²) in [7, 11) is 0. The zero-order chi connectivity index (χ0) is 8.77. The van der Waals surface area contributed by atoms with Crippen LogP contribution in [-0.2, 0) is 0 Å². The maximum absolute atomic E-state index is 2.48. The number of hydrogen-bond donors (Lipinski definition) is 0. The van der Waals surface area contributed by atoms with E-state index in [0.29, 0.717) is 5.41 Å². The van der Waals surface area contributed by atoms with Gasteiger partial charge in [0.15, 0.2) is 0 Å². The number of hydrogen-bond acceptors (Lipinski definition) is 0. The molecule has 2 aliphatic rings. The Morgan fingerprint density at radius 3 is 2.75 bits per heavy atom. The smallest absolute Gasteiger partial charge is 0.0174 e. The molecule has 0 radical (unpaired) electrons. The van der Waals surface area contributed by atoms with Crippen LogP contribution in [0.25, 0.3) is 0 Å². The van der Waals surface area contributed by atoms with E-state index < -0.39 is 0 Å². The molecule has 12 heavy (non-hydrogen) atoms. The molecule has 0 nitrogen and oxygen atoms in total. The van der Waals surface area contributed by atoms with E-state index in [-0.39, 0.29) is 0 Å². The van der Waals surface area contributed by atoms with Gasteiger partial charge in [0.1, 0.15) is 0 Å². The largest absolute Gasteiger partial charge is 0.0882 e. The third-order valence-corrected chi connectivity index (χ3v) is 3.98. The summed E-state index contributed by atoms with van der Waals surface area (Å²) < 4.78 is 0. The van der Waals surface area contributed by atoms with Crippen LogP contribution in [0.15, 0.2) is 12.2 Å². The molecule has 3 atom stereocenters. The van der Waals surface area contributed by atoms with Gasteiger partial charge in [0.25, 0.3) is 0 Å². The fourth-order valence-electron chi connectivity index (χ4n) is 3.47. The Balaban J connectivity index is 2.25. The molecule has 0 heterocycles. The summed E-state index contributed by atoms with van der Waals surface area (Å²) in [4.78, 5) is 0. The van der Waals surface area contributed by atoms with Crippen molar-refractivity contribution in [3.63, 3.8) is 0 Å². The van der Waals surface area contributed by atoms with Crippen molar-refractivity contribution in [2.45, 2.75) is 40.0 Å². The highest BCUT2D eigenvalue weighted by Gasteiger charge is 2.45. The first-order chi connectivity index (χ1) is 5.61. The molecule has 2 rings (SSSR count). The van der Waals surface area contributed by atoms with Crippen molar-refractivity contribution in [3.05, 3.63) is 12.2 Å². The predicted molar refractivity (Wildman–Crippen MR) is 52.9 cm³/mol. The highest BCUT2D eigenvalue weighted by molar-refractivity contribution is 5.07. The van der Waals surface area contributed by atoms with Crippen molar-refractivity contribution < 1.29 is 0 Å². The zero-order valence-electron chi connectivity index (χ0n) is 8.51. The van der Waals surface area contributed by atoms with Crippen molar-refractivity contribution in [2.24, 2.45) is 23.2 Å². The molecule has 1 fully saturated rings. The van der Waals surface area contributed by atoms with Gasteiger partial charge in [-0.3, -0.25) is 0 Å². The highest BCUT2D eigenvalue weighted by atomic mass is 14.5. The van der Waals surface area contributed by atoms with Crippen molar-refractivity contribution in [3.8, 4) is 0 Å². The van der Waals surface area contributed by atoms with Gasteiger partial charge in [-0.25, -0.2) is 0 Å². The topological polar surface area (TPSA) is 0 Å². The van der Waals surface area contributed by atoms with Gasteiger partial charge in [0.05, 0.1) is 0 Å². The Labute approximate surface area is 76.1 Å². The van der Waals surface area contributed by atoms with E-state index in [1.807, 2.05) is 0 Å². The maximum Gasteiger partial charge on any atom is -0.0174 e. The molecular formula is C12H20. The zero-order valence-corrected chi connectivity index (χ0v) is 8.51. The summed E-state index contributed by atoms with van der Waals surface area (Å²) in [5, 5.41) is 0. The normalized spacial score (nSPS) is 44.4. The second-order valence-electron chi connectivity index (χ2n) is 5.36. The third-order valence-electron chi connectivity index (χ3n) is 3.98. The quantitative estimate of drug-likeness (QED) is 0.479. The van der Waals surface area contributed by atoms with Gasteiger partial charge < -0.3 is 0 Å². The van der Waals surface area contributed by atoms with E-state index in [2.05, 4.69) is 32.9 Å². The monoisotopic (exact) mass is 164 g/mol. The summed E-state index contributed by atoms with van der Waals surface area (Å²) in [6.45, 7) is 7.32. The third kappa shape index (κ3) is 1.12. The Hall–Kier alpha value is -0.260. The minimum atomic E-state index is 0.606. The van der Waals surface area contributed by atoms with E-state index >= 15 is 0 Å². The first-order valence-electron chi connectivity index (χ1n) is 5.28. The summed E-state index contributed by atoms with van der Waals surface area (Å²) in [6, 6.07) is 0. The van der Waals surface area contributed by atoms with Crippen molar-refractivity contribution >= 4 is 0 Å². The van der Waals surface area contributed by atoms with Gasteiger partial charge >= 0.3 is 0 Å². The average molecular weight is 164 g/mol. The molecule has 0 aromatic rings. The molecule has 0 heteroatoms. The number of rotatable bonds is 0. The minimum Gasteiger partial charge on any atom is -0.0882 e. The maximum atomic E-state index is 2.48. The molecule has 3 unspecified atom stereocenters. The molecule has 0 saturated heterocycles. The molecule has 1 saturated carbocycles. The first kappa shape index (κ1) is 8.34. The van der Waals surface area contributed by atoms with Crippen molar-refractivity contribution in [2.75, 3.05) is 0 Å². The lowest BCUT2D eigenvalue weighted by Crippen LogP contribution is -2.23. The Morgan fingerprint density at radius 2 is 2.08 bits per heavy atom. The second-order valence-corrected chi connectivity index (χ2v) is 5.36. The van der Waals surface area contributed by atoms with Crippen LogP contribution in [-0.4, -0.2) is 0 Å². The molecule has 0 bridgehead atoms. The van der Waals surface area contributed by atoms with Gasteiger partial charge in [-0.15, -0.1) is 0 Å². The molecule has 0 spiro atoms. The standard InChI is InChI=1S/C12H20/c1-9-8-12(2,3)11-7-5-4-6-10(9)11/h4,6,9-11H,5,7-8H2,1-3H3. The van der Waals surface area contributed by atoms with Gasteiger partial charge in [-0.05, 0) is 42.4 Å². The van der Waals surface area contributed by atoms with Gasteiger partial charge in [0, 0.05) is 0 Å². The van der Waals surface area contributed by atoms with Gasteiger partial charge in [-0.2, -0.15) is 0 Å². The minimum absolute atomic E-state index is 0.606. The molecule has 0 N–H and O–H groups in total. The van der Waals surface area contributed by atoms with E-state index in [4.69, 9.17) is 0 Å². The number of fused-ring (bicyclic) bond motifs is 1. The van der Waals surface area contributed by atoms with E-state index in [1.54, 1.807) is 0 Å². The number of allylic oxidation sites excluding steroid dienone is 2. The average Bonchev–Trinajstić information content (AvgIpc) is 2.25. The Morgan fingerprint density at radius 1 is 1.33 bits per heavy atom. The van der Waals surface area contributed by atoms with E-state index in [1.165, 1.54) is 19.3 Å². The highest BCUT2D eigenvalue weighted by Crippen LogP contribution is 2.53. The van der Waals surface area contributed by atoms with Crippen molar-refractivity contribution in [1.82, 2.24) is 0 Å². The summed E-state index contributed by atoms with van der Waals surface area (Å²) in [5.41, 5.74) is 0.606. The molecular weight excluding hydrogens is 144 g/mol. The molecule has 68 valence electrons.